The minimum absolute atomic E-state index is 0.169. The van der Waals surface area contributed by atoms with Crippen LogP contribution in [0.3, 0.4) is 0 Å². The van der Waals surface area contributed by atoms with Crippen LogP contribution in [0.5, 0.6) is 11.5 Å². The van der Waals surface area contributed by atoms with Crippen LogP contribution in [0, 0.1) is 5.41 Å². The van der Waals surface area contributed by atoms with Gasteiger partial charge in [0.1, 0.15) is 11.5 Å². The number of benzene rings is 2. The molecule has 1 aliphatic carbocycles. The van der Waals surface area contributed by atoms with Crippen molar-refractivity contribution in [1.82, 2.24) is 0 Å². The van der Waals surface area contributed by atoms with Crippen LogP contribution in [0.2, 0.25) is 0 Å². The van der Waals surface area contributed by atoms with Gasteiger partial charge in [0, 0.05) is 16.5 Å². The van der Waals surface area contributed by atoms with E-state index in [0.29, 0.717) is 0 Å². The van der Waals surface area contributed by atoms with Crippen molar-refractivity contribution in [3.63, 3.8) is 0 Å². The molecule has 1 heterocycles. The van der Waals surface area contributed by atoms with Gasteiger partial charge in [-0.05, 0) is 25.0 Å². The first-order chi connectivity index (χ1) is 10.9. The minimum Gasteiger partial charge on any atom is -0.492 e. The average molecular weight is 294 g/mol. The summed E-state index contributed by atoms with van der Waals surface area (Å²) in [6.07, 6.45) is 6.33. The molecule has 1 fully saturated rings. The van der Waals surface area contributed by atoms with Crippen molar-refractivity contribution in [1.29, 1.82) is 0 Å². The summed E-state index contributed by atoms with van der Waals surface area (Å²) in [4.78, 5) is 0. The van der Waals surface area contributed by atoms with Crippen LogP contribution in [-0.2, 0) is 0 Å². The second-order valence-electron chi connectivity index (χ2n) is 6.63. The first-order valence-electron chi connectivity index (χ1n) is 8.30. The Hall–Kier alpha value is -1.96. The summed E-state index contributed by atoms with van der Waals surface area (Å²) in [5.41, 5.74) is 2.43. The summed E-state index contributed by atoms with van der Waals surface area (Å²) in [6.45, 7) is 1.52. The first-order valence-corrected chi connectivity index (χ1v) is 8.30. The molecule has 2 aromatic carbocycles. The molecule has 0 aromatic heterocycles. The third-order valence-corrected chi connectivity index (χ3v) is 5.05. The first kappa shape index (κ1) is 13.7. The monoisotopic (exact) mass is 294 g/mol. The molecule has 2 aliphatic rings. The largest absolute Gasteiger partial charge is 0.492 e. The minimum atomic E-state index is 0.169. The van der Waals surface area contributed by atoms with E-state index in [4.69, 9.17) is 9.47 Å². The summed E-state index contributed by atoms with van der Waals surface area (Å²) in [6, 6.07) is 16.6. The lowest BCUT2D eigenvalue weighted by molar-refractivity contribution is 0.0455. The second kappa shape index (κ2) is 5.68. The fraction of sp³-hybridized carbons (Fsp3) is 0.400. The summed E-state index contributed by atoms with van der Waals surface area (Å²) >= 11 is 0. The Bertz CT molecular complexity index is 605. The van der Waals surface area contributed by atoms with E-state index < -0.39 is 0 Å². The molecule has 1 aliphatic heterocycles. The summed E-state index contributed by atoms with van der Waals surface area (Å²) in [7, 11) is 0. The molecule has 22 heavy (non-hydrogen) atoms. The molecule has 1 saturated carbocycles. The third-order valence-electron chi connectivity index (χ3n) is 5.05. The van der Waals surface area contributed by atoms with Gasteiger partial charge < -0.3 is 9.47 Å². The van der Waals surface area contributed by atoms with E-state index >= 15 is 0 Å². The van der Waals surface area contributed by atoms with Crippen LogP contribution in [0.25, 0.3) is 11.1 Å². The molecule has 2 aromatic rings. The molecule has 0 amide bonds. The third kappa shape index (κ3) is 2.47. The lowest BCUT2D eigenvalue weighted by Crippen LogP contribution is -2.36. The molecule has 1 spiro atoms. The molecule has 0 saturated heterocycles. The molecule has 0 bridgehead atoms. The summed E-state index contributed by atoms with van der Waals surface area (Å²) in [5, 5.41) is 0. The smallest absolute Gasteiger partial charge is 0.127 e. The highest BCUT2D eigenvalue weighted by molar-refractivity contribution is 5.75. The van der Waals surface area contributed by atoms with E-state index in [1.54, 1.807) is 0 Å². The van der Waals surface area contributed by atoms with Gasteiger partial charge in [0.05, 0.1) is 13.2 Å². The van der Waals surface area contributed by atoms with Gasteiger partial charge >= 0.3 is 0 Å². The molecule has 0 N–H and O–H groups in total. The maximum absolute atomic E-state index is 6.28. The zero-order chi connectivity index (χ0) is 14.8. The van der Waals surface area contributed by atoms with E-state index in [1.165, 1.54) is 32.1 Å². The maximum atomic E-state index is 6.28. The van der Waals surface area contributed by atoms with Crippen LogP contribution in [0.15, 0.2) is 48.5 Å². The average Bonchev–Trinajstić information content (AvgIpc) is 2.65. The molecular weight excluding hydrogens is 272 g/mol. The van der Waals surface area contributed by atoms with Crippen molar-refractivity contribution in [2.75, 3.05) is 13.2 Å². The summed E-state index contributed by atoms with van der Waals surface area (Å²) in [5.74, 6) is 1.95. The van der Waals surface area contributed by atoms with Gasteiger partial charge in [-0.15, -0.1) is 0 Å². The Kier molecular flexibility index (Phi) is 3.53. The van der Waals surface area contributed by atoms with Crippen molar-refractivity contribution in [3.8, 4) is 22.6 Å². The Labute approximate surface area is 132 Å². The number of hydrogen-bond donors (Lipinski definition) is 0. The molecule has 114 valence electrons. The van der Waals surface area contributed by atoms with E-state index in [-0.39, 0.29) is 5.41 Å². The molecule has 2 heteroatoms. The van der Waals surface area contributed by atoms with Crippen molar-refractivity contribution >= 4 is 0 Å². The number of para-hydroxylation sites is 2. The van der Waals surface area contributed by atoms with Crippen LogP contribution in [0.4, 0.5) is 0 Å². The Morgan fingerprint density at radius 3 is 1.68 bits per heavy atom. The molecule has 0 atom stereocenters. The molecule has 0 unspecified atom stereocenters. The quantitative estimate of drug-likeness (QED) is 0.675. The van der Waals surface area contributed by atoms with E-state index in [9.17, 15) is 0 Å². The van der Waals surface area contributed by atoms with Crippen LogP contribution in [-0.4, -0.2) is 13.2 Å². The van der Waals surface area contributed by atoms with Crippen LogP contribution >= 0.6 is 0 Å². The van der Waals surface area contributed by atoms with Crippen molar-refractivity contribution in [3.05, 3.63) is 48.5 Å². The zero-order valence-electron chi connectivity index (χ0n) is 12.9. The molecular formula is C20H22O2. The highest BCUT2D eigenvalue weighted by atomic mass is 16.5. The van der Waals surface area contributed by atoms with Crippen molar-refractivity contribution in [2.24, 2.45) is 5.41 Å². The Morgan fingerprint density at radius 2 is 1.14 bits per heavy atom. The van der Waals surface area contributed by atoms with Gasteiger partial charge in [-0.25, -0.2) is 0 Å². The molecule has 4 rings (SSSR count). The highest BCUT2D eigenvalue weighted by Crippen LogP contribution is 2.42. The van der Waals surface area contributed by atoms with Crippen LogP contribution < -0.4 is 9.47 Å². The van der Waals surface area contributed by atoms with Gasteiger partial charge in [-0.3, -0.25) is 0 Å². The Balaban J connectivity index is 1.78. The zero-order valence-corrected chi connectivity index (χ0v) is 12.9. The van der Waals surface area contributed by atoms with Gasteiger partial charge in [-0.1, -0.05) is 55.7 Å². The standard InChI is InChI=1S/C20H22O2/c1-6-12-20(13-7-1)14-21-18-10-4-2-8-16(18)17-9-3-5-11-19(17)22-15-20/h2-5,8-11H,1,6-7,12-15H2. The van der Waals surface area contributed by atoms with E-state index in [1.807, 2.05) is 12.1 Å². The van der Waals surface area contributed by atoms with Crippen LogP contribution in [0.1, 0.15) is 32.1 Å². The maximum Gasteiger partial charge on any atom is 0.127 e. The van der Waals surface area contributed by atoms with Gasteiger partial charge in [0.25, 0.3) is 0 Å². The predicted octanol–water partition coefficient (Wildman–Crippen LogP) is 5.08. The fourth-order valence-electron chi connectivity index (χ4n) is 3.72. The van der Waals surface area contributed by atoms with Gasteiger partial charge in [0.15, 0.2) is 0 Å². The SMILES string of the molecule is c1ccc2c(c1)OCC1(CCCCC1)COc1ccccc1-2. The normalized spacial score (nSPS) is 19.6. The van der Waals surface area contributed by atoms with Gasteiger partial charge in [0.2, 0.25) is 0 Å². The number of fused-ring (bicyclic) bond motifs is 3. The fourth-order valence-corrected chi connectivity index (χ4v) is 3.72. The summed E-state index contributed by atoms with van der Waals surface area (Å²) < 4.78 is 12.6. The lowest BCUT2D eigenvalue weighted by Gasteiger charge is -2.36. The molecule has 2 nitrogen and oxygen atoms in total. The topological polar surface area (TPSA) is 18.5 Å². The number of ether oxygens (including phenoxy) is 2. The van der Waals surface area contributed by atoms with E-state index in [2.05, 4.69) is 36.4 Å². The molecule has 0 radical (unpaired) electrons. The Morgan fingerprint density at radius 1 is 0.636 bits per heavy atom. The van der Waals surface area contributed by atoms with Crippen molar-refractivity contribution in [2.45, 2.75) is 32.1 Å². The van der Waals surface area contributed by atoms with E-state index in [0.717, 1.165) is 35.8 Å². The number of rotatable bonds is 0. The van der Waals surface area contributed by atoms with Gasteiger partial charge in [-0.2, -0.15) is 0 Å². The lowest BCUT2D eigenvalue weighted by atomic mass is 9.75. The predicted molar refractivity (Wildman–Crippen MR) is 88.4 cm³/mol. The van der Waals surface area contributed by atoms with Crippen molar-refractivity contribution < 1.29 is 9.47 Å². The highest BCUT2D eigenvalue weighted by Gasteiger charge is 2.35. The number of hydrogen-bond acceptors (Lipinski definition) is 2. The second-order valence-corrected chi connectivity index (χ2v) is 6.63.